The number of methoxy groups -OCH3 is 1. The first-order valence-electron chi connectivity index (χ1n) is 10.6. The van der Waals surface area contributed by atoms with Crippen LogP contribution in [0.15, 0.2) is 59.8 Å². The minimum Gasteiger partial charge on any atom is -0.385 e. The van der Waals surface area contributed by atoms with Gasteiger partial charge in [0.25, 0.3) is 5.91 Å². The molecule has 3 aromatic heterocycles. The van der Waals surface area contributed by atoms with Crippen molar-refractivity contribution in [1.29, 1.82) is 0 Å². The summed E-state index contributed by atoms with van der Waals surface area (Å²) in [6, 6.07) is 15.4. The first kappa shape index (κ1) is 20.7. The van der Waals surface area contributed by atoms with Crippen LogP contribution < -0.4 is 11.1 Å². The van der Waals surface area contributed by atoms with Crippen LogP contribution in [-0.2, 0) is 4.74 Å². The number of nitrogens with two attached hydrogens (primary N) is 1. The van der Waals surface area contributed by atoms with Crippen molar-refractivity contribution in [2.24, 2.45) is 5.10 Å². The van der Waals surface area contributed by atoms with Crippen LogP contribution in [0, 0.1) is 0 Å². The summed E-state index contributed by atoms with van der Waals surface area (Å²) in [5.74, 6) is -0.139. The number of amides is 1. The van der Waals surface area contributed by atoms with Crippen LogP contribution >= 0.6 is 0 Å². The Kier molecular flexibility index (Phi) is 5.45. The van der Waals surface area contributed by atoms with E-state index in [2.05, 4.69) is 15.4 Å². The number of nitrogens with zero attached hydrogens (tertiary/aromatic N) is 4. The molecule has 33 heavy (non-hydrogen) atoms. The number of para-hydroxylation sites is 3. The SMILES string of the molecule is COCCCNC(=O)c1c(N)n(/N=C/c2c[nH]c3ccccc23)c2nc3ccccc3nc12. The zero-order chi connectivity index (χ0) is 22.8. The number of anilines is 1. The lowest BCUT2D eigenvalue weighted by atomic mass is 10.2. The number of fused-ring (bicyclic) bond motifs is 3. The van der Waals surface area contributed by atoms with Crippen molar-refractivity contribution in [1.82, 2.24) is 24.9 Å². The van der Waals surface area contributed by atoms with Gasteiger partial charge in [0.1, 0.15) is 16.9 Å². The Morgan fingerprint density at radius 1 is 1.18 bits per heavy atom. The molecule has 4 N–H and O–H groups in total. The average Bonchev–Trinajstić information content (AvgIpc) is 3.36. The summed E-state index contributed by atoms with van der Waals surface area (Å²) in [6.45, 7) is 1.01. The maximum atomic E-state index is 13.0. The Morgan fingerprint density at radius 2 is 1.94 bits per heavy atom. The van der Waals surface area contributed by atoms with E-state index in [1.807, 2.05) is 54.7 Å². The van der Waals surface area contributed by atoms with E-state index >= 15 is 0 Å². The first-order valence-corrected chi connectivity index (χ1v) is 10.6. The normalized spacial score (nSPS) is 11.8. The van der Waals surface area contributed by atoms with Crippen molar-refractivity contribution in [2.45, 2.75) is 6.42 Å². The third-order valence-corrected chi connectivity index (χ3v) is 5.45. The van der Waals surface area contributed by atoms with E-state index in [-0.39, 0.29) is 17.3 Å². The molecule has 0 saturated heterocycles. The van der Waals surface area contributed by atoms with Crippen LogP contribution in [0.2, 0.25) is 0 Å². The Bertz CT molecular complexity index is 1500. The van der Waals surface area contributed by atoms with E-state index in [0.29, 0.717) is 41.8 Å². The lowest BCUT2D eigenvalue weighted by Gasteiger charge is -2.05. The Morgan fingerprint density at radius 3 is 2.76 bits per heavy atom. The van der Waals surface area contributed by atoms with Crippen molar-refractivity contribution in [2.75, 3.05) is 26.0 Å². The summed E-state index contributed by atoms with van der Waals surface area (Å²) in [6.07, 6.45) is 4.26. The number of hydrogen-bond donors (Lipinski definition) is 3. The maximum absolute atomic E-state index is 13.0. The van der Waals surface area contributed by atoms with Gasteiger partial charge < -0.3 is 20.8 Å². The molecule has 1 amide bonds. The largest absolute Gasteiger partial charge is 0.385 e. The molecule has 9 heteroatoms. The van der Waals surface area contributed by atoms with E-state index in [9.17, 15) is 4.79 Å². The van der Waals surface area contributed by atoms with Crippen molar-refractivity contribution < 1.29 is 9.53 Å². The summed E-state index contributed by atoms with van der Waals surface area (Å²) >= 11 is 0. The predicted molar refractivity (Wildman–Crippen MR) is 130 cm³/mol. The molecule has 0 aliphatic carbocycles. The zero-order valence-corrected chi connectivity index (χ0v) is 18.1. The highest BCUT2D eigenvalue weighted by atomic mass is 16.5. The van der Waals surface area contributed by atoms with Crippen molar-refractivity contribution >= 4 is 51.0 Å². The maximum Gasteiger partial charge on any atom is 0.257 e. The number of rotatable bonds is 7. The number of nitrogen functional groups attached to an aromatic ring is 1. The molecule has 0 bridgehead atoms. The fraction of sp³-hybridized carbons (Fsp3) is 0.167. The summed E-state index contributed by atoms with van der Waals surface area (Å²) in [5.41, 5.74) is 10.8. The summed E-state index contributed by atoms with van der Waals surface area (Å²) in [5, 5.41) is 8.51. The molecule has 0 fully saturated rings. The van der Waals surface area contributed by atoms with Crippen molar-refractivity contribution in [3.8, 4) is 0 Å². The van der Waals surface area contributed by atoms with Gasteiger partial charge in [0.2, 0.25) is 0 Å². The Labute approximate surface area is 189 Å². The standard InChI is InChI=1S/C24H23N7O2/c1-33-12-6-11-26-24(32)20-21-23(30-19-10-5-4-9-18(19)29-21)31(22(20)25)28-14-15-13-27-17-8-3-2-7-16(15)17/h2-5,7-10,13-14,27H,6,11-12,25H2,1H3,(H,26,32)/b28-14+. The molecule has 0 saturated carbocycles. The molecule has 0 radical (unpaired) electrons. The van der Waals surface area contributed by atoms with E-state index in [1.165, 1.54) is 4.68 Å². The summed E-state index contributed by atoms with van der Waals surface area (Å²) < 4.78 is 6.52. The second-order valence-corrected chi connectivity index (χ2v) is 7.59. The van der Waals surface area contributed by atoms with Crippen LogP contribution in [0.5, 0.6) is 0 Å². The molecule has 3 heterocycles. The second kappa shape index (κ2) is 8.71. The second-order valence-electron chi connectivity index (χ2n) is 7.59. The van der Waals surface area contributed by atoms with Crippen LogP contribution in [0.1, 0.15) is 22.3 Å². The lowest BCUT2D eigenvalue weighted by Crippen LogP contribution is -2.26. The van der Waals surface area contributed by atoms with Crippen LogP contribution in [-0.4, -0.2) is 52.0 Å². The van der Waals surface area contributed by atoms with E-state index in [0.717, 1.165) is 16.5 Å². The van der Waals surface area contributed by atoms with Gasteiger partial charge in [0.15, 0.2) is 5.65 Å². The molecule has 0 spiro atoms. The molecule has 0 unspecified atom stereocenters. The topological polar surface area (TPSA) is 123 Å². The number of carbonyl (C=O) groups excluding carboxylic acids is 1. The number of aromatic nitrogens is 4. The van der Waals surface area contributed by atoms with Gasteiger partial charge in [-0.2, -0.15) is 9.78 Å². The zero-order valence-electron chi connectivity index (χ0n) is 18.1. The van der Waals surface area contributed by atoms with Crippen molar-refractivity contribution in [3.63, 3.8) is 0 Å². The molecular weight excluding hydrogens is 418 g/mol. The van der Waals surface area contributed by atoms with E-state index in [1.54, 1.807) is 13.3 Å². The number of ether oxygens (including phenoxy) is 1. The third-order valence-electron chi connectivity index (χ3n) is 5.45. The number of H-pyrrole nitrogens is 1. The van der Waals surface area contributed by atoms with Crippen LogP contribution in [0.4, 0.5) is 5.82 Å². The first-order chi connectivity index (χ1) is 16.2. The quantitative estimate of drug-likeness (QED) is 0.264. The van der Waals surface area contributed by atoms with Gasteiger partial charge in [-0.05, 0) is 24.6 Å². The van der Waals surface area contributed by atoms with Crippen LogP contribution in [0.3, 0.4) is 0 Å². The molecule has 166 valence electrons. The molecule has 5 rings (SSSR count). The monoisotopic (exact) mass is 441 g/mol. The van der Waals surface area contributed by atoms with Gasteiger partial charge in [-0.3, -0.25) is 4.79 Å². The molecule has 5 aromatic rings. The molecule has 0 atom stereocenters. The Balaban J connectivity index is 1.62. The number of benzene rings is 2. The number of carbonyl (C=O) groups is 1. The van der Waals surface area contributed by atoms with Crippen LogP contribution in [0.25, 0.3) is 33.1 Å². The fourth-order valence-electron chi connectivity index (χ4n) is 3.82. The van der Waals surface area contributed by atoms with Gasteiger partial charge >= 0.3 is 0 Å². The van der Waals surface area contributed by atoms with E-state index < -0.39 is 0 Å². The molecular formula is C24H23N7O2. The number of hydrogen-bond acceptors (Lipinski definition) is 6. The van der Waals surface area contributed by atoms with Gasteiger partial charge in [0.05, 0.1) is 17.2 Å². The summed E-state index contributed by atoms with van der Waals surface area (Å²) in [7, 11) is 1.62. The van der Waals surface area contributed by atoms with Gasteiger partial charge in [-0.1, -0.05) is 30.3 Å². The van der Waals surface area contributed by atoms with Gasteiger partial charge in [-0.25, -0.2) is 9.97 Å². The Hall–Kier alpha value is -4.24. The third kappa shape index (κ3) is 3.79. The highest BCUT2D eigenvalue weighted by molar-refractivity contribution is 6.11. The lowest BCUT2D eigenvalue weighted by molar-refractivity contribution is 0.0951. The molecule has 0 aliphatic rings. The minimum absolute atomic E-state index is 0.181. The highest BCUT2D eigenvalue weighted by Gasteiger charge is 2.23. The van der Waals surface area contributed by atoms with E-state index in [4.69, 9.17) is 20.4 Å². The number of aromatic amines is 1. The molecule has 0 aliphatic heterocycles. The van der Waals surface area contributed by atoms with Crippen molar-refractivity contribution in [3.05, 3.63) is 65.9 Å². The number of nitrogens with one attached hydrogen (secondary N) is 2. The minimum atomic E-state index is -0.320. The van der Waals surface area contributed by atoms with Gasteiger partial charge in [-0.15, -0.1) is 0 Å². The average molecular weight is 441 g/mol. The smallest absolute Gasteiger partial charge is 0.257 e. The molecule has 9 nitrogen and oxygen atoms in total. The highest BCUT2D eigenvalue weighted by Crippen LogP contribution is 2.28. The molecule has 2 aromatic carbocycles. The summed E-state index contributed by atoms with van der Waals surface area (Å²) in [4.78, 5) is 25.7. The van der Waals surface area contributed by atoms with Gasteiger partial charge in [0, 0.05) is 42.9 Å². The fourth-order valence-corrected chi connectivity index (χ4v) is 3.82. The predicted octanol–water partition coefficient (Wildman–Crippen LogP) is 3.30.